The van der Waals surface area contributed by atoms with Crippen LogP contribution in [0.1, 0.15) is 24.6 Å². The van der Waals surface area contributed by atoms with Gasteiger partial charge in [0.25, 0.3) is 0 Å². The first-order chi connectivity index (χ1) is 11.3. The minimum absolute atomic E-state index is 0.478. The van der Waals surface area contributed by atoms with E-state index in [2.05, 4.69) is 51.8 Å². The molecule has 2 atom stereocenters. The fraction of sp³-hybridized carbons (Fsp3) is 0.706. The lowest BCUT2D eigenvalue weighted by molar-refractivity contribution is 0.0154. The van der Waals surface area contributed by atoms with Crippen LogP contribution in [0.3, 0.4) is 0 Å². The van der Waals surface area contributed by atoms with Crippen LogP contribution in [0.25, 0.3) is 0 Å². The van der Waals surface area contributed by atoms with Gasteiger partial charge in [0, 0.05) is 62.7 Å². The number of fused-ring (bicyclic) bond motifs is 3. The Morgan fingerprint density at radius 3 is 2.78 bits per heavy atom. The Kier molecular flexibility index (Phi) is 5.91. The fourth-order valence-electron chi connectivity index (χ4n) is 3.36. The van der Waals surface area contributed by atoms with Gasteiger partial charge in [-0.3, -0.25) is 14.8 Å². The molecule has 3 fully saturated rings. The summed E-state index contributed by atoms with van der Waals surface area (Å²) in [6, 6.07) is 4.94. The van der Waals surface area contributed by atoms with Crippen LogP contribution in [0.5, 0.6) is 0 Å². The van der Waals surface area contributed by atoms with Crippen molar-refractivity contribution < 1.29 is 0 Å². The smallest absolute Gasteiger partial charge is 0.191 e. The number of hydrogen-bond donors (Lipinski definition) is 2. The summed E-state index contributed by atoms with van der Waals surface area (Å²) in [6.07, 6.45) is 0. The first kappa shape index (κ1) is 16.7. The average molecular weight is 336 g/mol. The van der Waals surface area contributed by atoms with Crippen molar-refractivity contribution in [3.8, 4) is 0 Å². The summed E-state index contributed by atoms with van der Waals surface area (Å²) < 4.78 is 0. The molecule has 0 spiro atoms. The number of thiophene rings is 1. The SMILES string of the molecule is CCNC(=NCC(C)c1cccs1)NCC1CN2CCN1CC2. The Morgan fingerprint density at radius 2 is 2.17 bits per heavy atom. The summed E-state index contributed by atoms with van der Waals surface area (Å²) in [5.74, 6) is 1.43. The number of guanidine groups is 1. The summed E-state index contributed by atoms with van der Waals surface area (Å²) in [5.41, 5.74) is 0. The van der Waals surface area contributed by atoms with E-state index in [4.69, 9.17) is 4.99 Å². The Hall–Kier alpha value is -1.11. The quantitative estimate of drug-likeness (QED) is 0.609. The number of hydrogen-bond acceptors (Lipinski definition) is 4. The van der Waals surface area contributed by atoms with E-state index in [0.717, 1.165) is 25.6 Å². The van der Waals surface area contributed by atoms with Gasteiger partial charge in [-0.15, -0.1) is 11.3 Å². The van der Waals surface area contributed by atoms with Gasteiger partial charge in [0.2, 0.25) is 0 Å². The summed E-state index contributed by atoms with van der Waals surface area (Å²) in [7, 11) is 0. The molecule has 4 heterocycles. The summed E-state index contributed by atoms with van der Waals surface area (Å²) >= 11 is 1.82. The zero-order chi connectivity index (χ0) is 16.1. The molecule has 2 unspecified atom stereocenters. The van der Waals surface area contributed by atoms with Crippen LogP contribution in [0.2, 0.25) is 0 Å². The van der Waals surface area contributed by atoms with E-state index in [9.17, 15) is 0 Å². The van der Waals surface area contributed by atoms with Crippen LogP contribution in [-0.4, -0.2) is 74.2 Å². The van der Waals surface area contributed by atoms with E-state index in [1.54, 1.807) is 0 Å². The largest absolute Gasteiger partial charge is 0.357 e. The zero-order valence-corrected chi connectivity index (χ0v) is 15.1. The third kappa shape index (κ3) is 4.46. The molecule has 6 heteroatoms. The van der Waals surface area contributed by atoms with Gasteiger partial charge >= 0.3 is 0 Å². The molecule has 0 amide bonds. The Morgan fingerprint density at radius 1 is 1.35 bits per heavy atom. The molecule has 3 aliphatic heterocycles. The summed E-state index contributed by atoms with van der Waals surface area (Å²) in [6.45, 7) is 13.2. The van der Waals surface area contributed by atoms with Gasteiger partial charge in [-0.2, -0.15) is 0 Å². The van der Waals surface area contributed by atoms with Crippen LogP contribution < -0.4 is 10.6 Å². The zero-order valence-electron chi connectivity index (χ0n) is 14.3. The molecule has 2 N–H and O–H groups in total. The van der Waals surface area contributed by atoms with Crippen LogP contribution >= 0.6 is 11.3 Å². The maximum Gasteiger partial charge on any atom is 0.191 e. The molecule has 5 nitrogen and oxygen atoms in total. The molecule has 0 aliphatic carbocycles. The van der Waals surface area contributed by atoms with Gasteiger partial charge in [-0.1, -0.05) is 13.0 Å². The van der Waals surface area contributed by atoms with Crippen LogP contribution in [0, 0.1) is 0 Å². The number of nitrogens with zero attached hydrogens (tertiary/aromatic N) is 3. The summed E-state index contributed by atoms with van der Waals surface area (Å²) in [5, 5.41) is 9.07. The normalized spacial score (nSPS) is 28.6. The Labute approximate surface area is 143 Å². The molecule has 128 valence electrons. The molecular weight excluding hydrogens is 306 g/mol. The van der Waals surface area contributed by atoms with E-state index >= 15 is 0 Å². The van der Waals surface area contributed by atoms with Crippen molar-refractivity contribution in [1.29, 1.82) is 0 Å². The van der Waals surface area contributed by atoms with E-state index in [1.165, 1.54) is 37.6 Å². The molecular formula is C17H29N5S. The van der Waals surface area contributed by atoms with Gasteiger partial charge in [0.05, 0.1) is 6.54 Å². The van der Waals surface area contributed by atoms with Crippen molar-refractivity contribution in [2.75, 3.05) is 52.4 Å². The molecule has 1 aromatic heterocycles. The minimum Gasteiger partial charge on any atom is -0.357 e. The number of piperazine rings is 3. The monoisotopic (exact) mass is 335 g/mol. The first-order valence-corrected chi connectivity index (χ1v) is 9.66. The van der Waals surface area contributed by atoms with E-state index in [0.29, 0.717) is 12.0 Å². The molecule has 2 bridgehead atoms. The van der Waals surface area contributed by atoms with Gasteiger partial charge in [-0.05, 0) is 18.4 Å². The standard InChI is InChI=1S/C17H29N5S/c1-3-18-17(19-11-14(2)16-5-4-10-23-16)20-12-15-13-21-6-8-22(15)9-7-21/h4-5,10,14-15H,3,6-9,11-13H2,1-2H3,(H2,18,19,20). The highest BCUT2D eigenvalue weighted by Gasteiger charge is 2.31. The fourth-order valence-corrected chi connectivity index (χ4v) is 4.14. The highest BCUT2D eigenvalue weighted by atomic mass is 32.1. The van der Waals surface area contributed by atoms with Crippen LogP contribution in [0.15, 0.2) is 22.5 Å². The molecule has 23 heavy (non-hydrogen) atoms. The Bertz CT molecular complexity index is 493. The molecule has 0 radical (unpaired) electrons. The van der Waals surface area contributed by atoms with E-state index in [1.807, 2.05) is 11.3 Å². The predicted octanol–water partition coefficient (Wildman–Crippen LogP) is 1.41. The number of nitrogens with one attached hydrogen (secondary N) is 2. The minimum atomic E-state index is 0.478. The molecule has 0 saturated carbocycles. The maximum absolute atomic E-state index is 4.78. The second-order valence-electron chi connectivity index (χ2n) is 6.51. The third-order valence-corrected chi connectivity index (χ3v) is 5.90. The lowest BCUT2D eigenvalue weighted by atomic mass is 10.1. The number of aliphatic imine (C=N–C) groups is 1. The van der Waals surface area contributed by atoms with Crippen molar-refractivity contribution in [3.63, 3.8) is 0 Å². The highest BCUT2D eigenvalue weighted by Crippen LogP contribution is 2.20. The van der Waals surface area contributed by atoms with Crippen molar-refractivity contribution >= 4 is 17.3 Å². The molecule has 3 aliphatic rings. The number of rotatable bonds is 6. The molecule has 0 aromatic carbocycles. The van der Waals surface area contributed by atoms with Gasteiger partial charge < -0.3 is 10.6 Å². The lowest BCUT2D eigenvalue weighted by Crippen LogP contribution is -2.63. The highest BCUT2D eigenvalue weighted by molar-refractivity contribution is 7.10. The van der Waals surface area contributed by atoms with Gasteiger partial charge in [0.15, 0.2) is 5.96 Å². The molecule has 4 rings (SSSR count). The van der Waals surface area contributed by atoms with Gasteiger partial charge in [0.1, 0.15) is 0 Å². The lowest BCUT2D eigenvalue weighted by Gasteiger charge is -2.47. The van der Waals surface area contributed by atoms with Crippen molar-refractivity contribution in [2.24, 2.45) is 4.99 Å². The van der Waals surface area contributed by atoms with Crippen molar-refractivity contribution in [3.05, 3.63) is 22.4 Å². The maximum atomic E-state index is 4.78. The van der Waals surface area contributed by atoms with E-state index < -0.39 is 0 Å². The molecule has 3 saturated heterocycles. The topological polar surface area (TPSA) is 42.9 Å². The second-order valence-corrected chi connectivity index (χ2v) is 7.49. The first-order valence-electron chi connectivity index (χ1n) is 8.78. The van der Waals surface area contributed by atoms with Gasteiger partial charge in [-0.25, -0.2) is 0 Å². The average Bonchev–Trinajstić information content (AvgIpc) is 3.13. The van der Waals surface area contributed by atoms with Crippen LogP contribution in [-0.2, 0) is 0 Å². The third-order valence-electron chi connectivity index (χ3n) is 4.79. The Balaban J connectivity index is 1.50. The second kappa shape index (κ2) is 8.13. The van der Waals surface area contributed by atoms with Crippen molar-refractivity contribution in [1.82, 2.24) is 20.4 Å². The summed E-state index contributed by atoms with van der Waals surface area (Å²) in [4.78, 5) is 11.4. The van der Waals surface area contributed by atoms with Crippen LogP contribution in [0.4, 0.5) is 0 Å². The van der Waals surface area contributed by atoms with E-state index in [-0.39, 0.29) is 0 Å². The van der Waals surface area contributed by atoms with Crippen molar-refractivity contribution in [2.45, 2.75) is 25.8 Å². The predicted molar refractivity (Wildman–Crippen MR) is 98.5 cm³/mol. The molecule has 1 aromatic rings.